The Morgan fingerprint density at radius 2 is 2.35 bits per heavy atom. The van der Waals surface area contributed by atoms with Gasteiger partial charge >= 0.3 is 5.69 Å². The van der Waals surface area contributed by atoms with Crippen LogP contribution in [-0.4, -0.2) is 38.1 Å². The maximum atomic E-state index is 11.6. The Bertz CT molecular complexity index is 713. The van der Waals surface area contributed by atoms with Crippen LogP contribution in [0, 0.1) is 10.1 Å². The van der Waals surface area contributed by atoms with Crippen LogP contribution in [0.5, 0.6) is 5.75 Å². The van der Waals surface area contributed by atoms with Crippen LogP contribution in [0.4, 0.5) is 11.6 Å². The van der Waals surface area contributed by atoms with Gasteiger partial charge in [-0.05, 0) is 29.3 Å². The van der Waals surface area contributed by atoms with Gasteiger partial charge in [-0.15, -0.1) is 5.10 Å². The summed E-state index contributed by atoms with van der Waals surface area (Å²) in [4.78, 5) is 22.2. The fourth-order valence-corrected chi connectivity index (χ4v) is 1.65. The number of benzene rings is 1. The maximum Gasteiger partial charge on any atom is 0.311 e. The van der Waals surface area contributed by atoms with Crippen molar-refractivity contribution in [2.45, 2.75) is 13.3 Å². The molecular weight excluding hydrogens is 304 g/mol. The van der Waals surface area contributed by atoms with Crippen LogP contribution >= 0.6 is 0 Å². The molecule has 10 heteroatoms. The van der Waals surface area contributed by atoms with Crippen LogP contribution in [0.15, 0.2) is 24.3 Å². The molecule has 0 bridgehead atoms. The second-order valence-corrected chi connectivity index (χ2v) is 4.39. The number of nitrogens with zero attached hydrogens (tertiary/aromatic N) is 4. The molecule has 23 heavy (non-hydrogen) atoms. The molecule has 2 aromatic rings. The van der Waals surface area contributed by atoms with Gasteiger partial charge in [0, 0.05) is 12.1 Å². The Kier molecular flexibility index (Phi) is 5.34. The summed E-state index contributed by atoms with van der Waals surface area (Å²) in [5, 5.41) is 26.1. The first kappa shape index (κ1) is 16.1. The standard InChI is InChI=1S/C13H14N6O4/c1-2-7-23-11-5-3-9(8-10(11)19(21)22)4-6-12(20)14-13-15-17-18-16-13/h3-6,8H,2,7H2,1H3,(H2,14,15,16,17,18,20)/b6-4+. The summed E-state index contributed by atoms with van der Waals surface area (Å²) in [7, 11) is 0. The average molecular weight is 318 g/mol. The summed E-state index contributed by atoms with van der Waals surface area (Å²) in [6, 6.07) is 4.46. The van der Waals surface area contributed by atoms with Crippen molar-refractivity contribution in [3.63, 3.8) is 0 Å². The molecule has 1 heterocycles. The number of aromatic amines is 1. The smallest absolute Gasteiger partial charge is 0.311 e. The van der Waals surface area contributed by atoms with Crippen LogP contribution in [0.25, 0.3) is 6.08 Å². The Balaban J connectivity index is 2.10. The highest BCUT2D eigenvalue weighted by atomic mass is 16.6. The van der Waals surface area contributed by atoms with E-state index in [1.165, 1.54) is 24.3 Å². The van der Waals surface area contributed by atoms with Crippen LogP contribution in [0.2, 0.25) is 0 Å². The molecule has 2 N–H and O–H groups in total. The second-order valence-electron chi connectivity index (χ2n) is 4.39. The predicted octanol–water partition coefficient (Wildman–Crippen LogP) is 1.55. The lowest BCUT2D eigenvalue weighted by atomic mass is 10.1. The molecule has 120 valence electrons. The molecule has 0 spiro atoms. The number of anilines is 1. The van der Waals surface area contributed by atoms with Gasteiger partial charge in [0.2, 0.25) is 0 Å². The molecule has 0 fully saturated rings. The summed E-state index contributed by atoms with van der Waals surface area (Å²) >= 11 is 0. The number of nitro groups is 1. The zero-order valence-electron chi connectivity index (χ0n) is 12.2. The lowest BCUT2D eigenvalue weighted by Crippen LogP contribution is -2.09. The zero-order valence-corrected chi connectivity index (χ0v) is 12.2. The number of H-pyrrole nitrogens is 1. The maximum absolute atomic E-state index is 11.6. The number of tetrazole rings is 1. The number of carbonyl (C=O) groups is 1. The lowest BCUT2D eigenvalue weighted by Gasteiger charge is -2.05. The van der Waals surface area contributed by atoms with E-state index >= 15 is 0 Å². The Morgan fingerprint density at radius 1 is 1.52 bits per heavy atom. The van der Waals surface area contributed by atoms with Crippen molar-refractivity contribution in [3.05, 3.63) is 40.0 Å². The summed E-state index contributed by atoms with van der Waals surface area (Å²) in [6.45, 7) is 2.30. The highest BCUT2D eigenvalue weighted by molar-refractivity contribution is 6.00. The number of aromatic nitrogens is 4. The highest BCUT2D eigenvalue weighted by Crippen LogP contribution is 2.28. The first-order valence-corrected chi connectivity index (χ1v) is 6.74. The molecule has 0 atom stereocenters. The van der Waals surface area contributed by atoms with Gasteiger partial charge in [-0.1, -0.05) is 18.1 Å². The second kappa shape index (κ2) is 7.64. The van der Waals surface area contributed by atoms with Gasteiger partial charge in [0.05, 0.1) is 11.5 Å². The van der Waals surface area contributed by atoms with Gasteiger partial charge in [0.1, 0.15) is 0 Å². The Morgan fingerprint density at radius 3 is 3.00 bits per heavy atom. The number of carbonyl (C=O) groups excluding carboxylic acids is 1. The van der Waals surface area contributed by atoms with Crippen LogP contribution in [-0.2, 0) is 4.79 Å². The van der Waals surface area contributed by atoms with Crippen molar-refractivity contribution >= 4 is 23.6 Å². The number of nitro benzene ring substituents is 1. The molecule has 1 aromatic carbocycles. The third-order valence-electron chi connectivity index (χ3n) is 2.65. The quantitative estimate of drug-likeness (QED) is 0.449. The van der Waals surface area contributed by atoms with E-state index in [1.54, 1.807) is 6.07 Å². The normalized spacial score (nSPS) is 10.7. The molecule has 0 saturated carbocycles. The van der Waals surface area contributed by atoms with E-state index in [2.05, 4.69) is 25.9 Å². The van der Waals surface area contributed by atoms with E-state index in [4.69, 9.17) is 4.74 Å². The summed E-state index contributed by atoms with van der Waals surface area (Å²) in [5.74, 6) is -0.250. The third kappa shape index (κ3) is 4.59. The van der Waals surface area contributed by atoms with Crippen molar-refractivity contribution < 1.29 is 14.5 Å². The Hall–Kier alpha value is -3.30. The number of nitrogens with one attached hydrogen (secondary N) is 2. The molecule has 1 amide bonds. The van der Waals surface area contributed by atoms with Crippen molar-refractivity contribution in [1.82, 2.24) is 20.6 Å². The van der Waals surface area contributed by atoms with Crippen molar-refractivity contribution in [2.75, 3.05) is 11.9 Å². The lowest BCUT2D eigenvalue weighted by molar-refractivity contribution is -0.385. The minimum atomic E-state index is -0.526. The largest absolute Gasteiger partial charge is 0.487 e. The molecule has 0 aliphatic carbocycles. The van der Waals surface area contributed by atoms with Crippen molar-refractivity contribution in [3.8, 4) is 5.75 Å². The van der Waals surface area contributed by atoms with Gasteiger partial charge in [-0.3, -0.25) is 20.2 Å². The zero-order chi connectivity index (χ0) is 16.7. The van der Waals surface area contributed by atoms with Crippen molar-refractivity contribution in [2.24, 2.45) is 0 Å². The number of hydrogen-bond donors (Lipinski definition) is 2. The molecule has 10 nitrogen and oxygen atoms in total. The van der Waals surface area contributed by atoms with Crippen LogP contribution in [0.1, 0.15) is 18.9 Å². The molecule has 1 aromatic heterocycles. The minimum Gasteiger partial charge on any atom is -0.487 e. The van der Waals surface area contributed by atoms with Gasteiger partial charge in [-0.25, -0.2) is 0 Å². The molecule has 0 saturated heterocycles. The summed E-state index contributed by atoms with van der Waals surface area (Å²) in [6.07, 6.45) is 3.39. The molecule has 0 radical (unpaired) electrons. The Labute approximate surface area is 130 Å². The summed E-state index contributed by atoms with van der Waals surface area (Å²) in [5.41, 5.74) is 0.336. The molecule has 0 aliphatic rings. The van der Waals surface area contributed by atoms with Crippen LogP contribution < -0.4 is 10.1 Å². The van der Waals surface area contributed by atoms with E-state index in [-0.39, 0.29) is 17.4 Å². The highest BCUT2D eigenvalue weighted by Gasteiger charge is 2.15. The van der Waals surface area contributed by atoms with E-state index < -0.39 is 10.8 Å². The predicted molar refractivity (Wildman–Crippen MR) is 80.7 cm³/mol. The fraction of sp³-hybridized carbons (Fsp3) is 0.231. The minimum absolute atomic E-state index is 0.0361. The van der Waals surface area contributed by atoms with Crippen LogP contribution in [0.3, 0.4) is 0 Å². The topological polar surface area (TPSA) is 136 Å². The SMILES string of the molecule is CCCOc1ccc(/C=C/C(=O)Nc2nn[nH]n2)cc1[N+](=O)[O-]. The van der Waals surface area contributed by atoms with Crippen molar-refractivity contribution in [1.29, 1.82) is 0 Å². The van der Waals surface area contributed by atoms with Gasteiger partial charge in [-0.2, -0.15) is 5.21 Å². The number of hydrogen-bond acceptors (Lipinski definition) is 7. The van der Waals surface area contributed by atoms with E-state index in [0.717, 1.165) is 6.42 Å². The number of ether oxygens (including phenoxy) is 1. The average Bonchev–Trinajstić information content (AvgIpc) is 3.04. The van der Waals surface area contributed by atoms with E-state index in [1.807, 2.05) is 6.92 Å². The first-order chi connectivity index (χ1) is 11.1. The first-order valence-electron chi connectivity index (χ1n) is 6.74. The third-order valence-corrected chi connectivity index (χ3v) is 2.65. The van der Waals surface area contributed by atoms with E-state index in [9.17, 15) is 14.9 Å². The van der Waals surface area contributed by atoms with Gasteiger partial charge < -0.3 is 4.74 Å². The molecule has 2 rings (SSSR count). The number of amides is 1. The fourth-order valence-electron chi connectivity index (χ4n) is 1.65. The number of rotatable bonds is 7. The molecule has 0 unspecified atom stereocenters. The van der Waals surface area contributed by atoms with Gasteiger partial charge in [0.15, 0.2) is 5.75 Å². The molecule has 0 aliphatic heterocycles. The molecular formula is C13H14N6O4. The monoisotopic (exact) mass is 318 g/mol. The van der Waals surface area contributed by atoms with E-state index in [0.29, 0.717) is 12.2 Å². The van der Waals surface area contributed by atoms with Gasteiger partial charge in [0.25, 0.3) is 11.9 Å². The summed E-state index contributed by atoms with van der Waals surface area (Å²) < 4.78 is 5.33.